The first kappa shape index (κ1) is 29.4. The Balaban J connectivity index is 1.26. The van der Waals surface area contributed by atoms with Crippen LogP contribution in [0.5, 0.6) is 0 Å². The van der Waals surface area contributed by atoms with Gasteiger partial charge in [0.25, 0.3) is 0 Å². The van der Waals surface area contributed by atoms with Gasteiger partial charge in [0.1, 0.15) is 5.78 Å². The van der Waals surface area contributed by atoms with Gasteiger partial charge in [-0.2, -0.15) is 0 Å². The molecule has 7 atom stereocenters. The third-order valence-electron chi connectivity index (χ3n) is 11.5. The topological polar surface area (TPSA) is 88.1 Å². The van der Waals surface area contributed by atoms with Crippen molar-refractivity contribution in [3.05, 3.63) is 11.6 Å². The second-order valence-electron chi connectivity index (χ2n) is 15.0. The summed E-state index contributed by atoms with van der Waals surface area (Å²) in [6.45, 7) is 9.10. The Morgan fingerprint density at radius 3 is 2.58 bits per heavy atom. The van der Waals surface area contributed by atoms with Crippen LogP contribution in [0.15, 0.2) is 16.8 Å². The fraction of sp³-hybridized carbons (Fsp3) is 0.812. The summed E-state index contributed by atoms with van der Waals surface area (Å²) in [4.78, 5) is 44.5. The number of rotatable bonds is 7. The lowest BCUT2D eigenvalue weighted by molar-refractivity contribution is -0.869. The van der Waals surface area contributed by atoms with Crippen LogP contribution in [0.25, 0.3) is 0 Å². The monoisotopic (exact) mass is 555 g/mol. The predicted molar refractivity (Wildman–Crippen MR) is 156 cm³/mol. The van der Waals surface area contributed by atoms with Crippen molar-refractivity contribution in [2.24, 2.45) is 39.7 Å². The van der Waals surface area contributed by atoms with Crippen molar-refractivity contribution in [3.8, 4) is 0 Å². The molecule has 4 aliphatic carbocycles. The van der Waals surface area contributed by atoms with Gasteiger partial charge in [-0.05, 0) is 86.5 Å². The molecule has 0 radical (unpaired) electrons. The molecule has 4 fully saturated rings. The van der Waals surface area contributed by atoms with E-state index in [4.69, 9.17) is 4.84 Å². The zero-order chi connectivity index (χ0) is 28.9. The Hall–Kier alpha value is -2.06. The largest absolute Gasteiger partial charge is 0.436 e. The molecule has 1 amide bonds. The highest BCUT2D eigenvalue weighted by Gasteiger charge is 2.59. The molecule has 0 aromatic carbocycles. The maximum Gasteiger partial charge on any atom is 0.436 e. The van der Waals surface area contributed by atoms with E-state index in [0.717, 1.165) is 42.4 Å². The fourth-order valence-electron chi connectivity index (χ4n) is 9.23. The number of quaternary nitrogens is 1. The van der Waals surface area contributed by atoms with Crippen LogP contribution in [0, 0.1) is 34.5 Å². The maximum absolute atomic E-state index is 13.2. The normalized spacial score (nSPS) is 37.9. The fourth-order valence-corrected chi connectivity index (χ4v) is 9.23. The van der Waals surface area contributed by atoms with Gasteiger partial charge in [-0.1, -0.05) is 24.6 Å². The first-order chi connectivity index (χ1) is 18.8. The number of oxime groups is 1. The van der Waals surface area contributed by atoms with Crippen LogP contribution in [-0.2, 0) is 14.4 Å². The third kappa shape index (κ3) is 5.67. The highest BCUT2D eigenvalue weighted by molar-refractivity contribution is 5.91. The summed E-state index contributed by atoms with van der Waals surface area (Å²) >= 11 is 0. The molecule has 1 N–H and O–H groups in total. The highest BCUT2D eigenvalue weighted by atomic mass is 16.7. The van der Waals surface area contributed by atoms with Crippen molar-refractivity contribution in [3.63, 3.8) is 0 Å². The number of hydrogen-bond acceptors (Lipinski definition) is 6. The van der Waals surface area contributed by atoms with Gasteiger partial charge in [0.2, 0.25) is 0 Å². The SMILES string of the molecule is C/C(=N\OC(=O)N(CC[N+](C)(C)C)CC1CC(=O)CN1)[C@H]1CC[C@H]2[C@@H]3CCC4=CC(=O)CC[C@]4(C)[C@H]3CC[C@]12C. The van der Waals surface area contributed by atoms with E-state index in [1.165, 1.54) is 24.8 Å². The Labute approximate surface area is 240 Å². The average Bonchev–Trinajstić information content (AvgIpc) is 3.46. The third-order valence-corrected chi connectivity index (χ3v) is 11.5. The van der Waals surface area contributed by atoms with Crippen molar-refractivity contribution in [2.45, 2.75) is 84.6 Å². The molecular weight excluding hydrogens is 504 g/mol. The number of amides is 1. The Morgan fingerprint density at radius 1 is 1.10 bits per heavy atom. The number of nitrogens with one attached hydrogen (secondary N) is 1. The second-order valence-corrected chi connectivity index (χ2v) is 15.0. The number of Topliss-reactive ketones (excluding diaryl/α,β-unsaturated/α-hetero) is 1. The van der Waals surface area contributed by atoms with Crippen molar-refractivity contribution >= 4 is 23.4 Å². The van der Waals surface area contributed by atoms with E-state index >= 15 is 0 Å². The minimum atomic E-state index is -0.427. The summed E-state index contributed by atoms with van der Waals surface area (Å²) in [5.74, 6) is 2.84. The molecule has 5 aliphatic rings. The average molecular weight is 556 g/mol. The van der Waals surface area contributed by atoms with E-state index in [9.17, 15) is 14.4 Å². The lowest BCUT2D eigenvalue weighted by atomic mass is 9.46. The van der Waals surface area contributed by atoms with Gasteiger partial charge in [-0.3, -0.25) is 19.3 Å². The number of carbonyl (C=O) groups excluding carboxylic acids is 3. The number of likely N-dealkylation sites (N-methyl/N-ethyl adjacent to an activating group) is 1. The molecule has 0 bridgehead atoms. The number of hydrogen-bond donors (Lipinski definition) is 1. The summed E-state index contributed by atoms with van der Waals surface area (Å²) in [5, 5.41) is 7.69. The van der Waals surface area contributed by atoms with E-state index in [-0.39, 0.29) is 22.7 Å². The Morgan fingerprint density at radius 2 is 1.88 bits per heavy atom. The molecule has 1 unspecified atom stereocenters. The molecule has 5 rings (SSSR count). The first-order valence-corrected chi connectivity index (χ1v) is 15.6. The molecule has 8 nitrogen and oxygen atoms in total. The molecule has 1 heterocycles. The van der Waals surface area contributed by atoms with Crippen LogP contribution >= 0.6 is 0 Å². The van der Waals surface area contributed by atoms with Crippen LogP contribution in [0.4, 0.5) is 4.79 Å². The van der Waals surface area contributed by atoms with Gasteiger partial charge in [0.05, 0.1) is 46.5 Å². The van der Waals surface area contributed by atoms with Gasteiger partial charge < -0.3 is 9.80 Å². The van der Waals surface area contributed by atoms with Crippen LogP contribution in [0.1, 0.15) is 78.6 Å². The van der Waals surface area contributed by atoms with E-state index in [1.807, 2.05) is 13.0 Å². The van der Waals surface area contributed by atoms with Gasteiger partial charge >= 0.3 is 6.09 Å². The molecule has 222 valence electrons. The number of carbonyl (C=O) groups is 3. The lowest BCUT2D eigenvalue weighted by Crippen LogP contribution is -2.51. The standard InChI is InChI=1S/C32H51N4O4/c1-21(34-40-30(39)35(15-16-36(4,5)6)20-23-18-25(38)19-33-23)27-9-10-28-26-8-7-22-17-24(37)11-13-31(22,2)29(26)12-14-32(27,28)3/h17,23,26-29,33H,7-16,18-20H2,1-6H3/q+1/b34-21+/t23?,26-,27+,28-,29-,31-,32+/m0/s1. The van der Waals surface area contributed by atoms with E-state index in [1.54, 1.807) is 4.90 Å². The van der Waals surface area contributed by atoms with E-state index < -0.39 is 6.09 Å². The molecule has 0 spiro atoms. The minimum absolute atomic E-state index is 0.0303. The van der Waals surface area contributed by atoms with Crippen LogP contribution in [0.3, 0.4) is 0 Å². The zero-order valence-electron chi connectivity index (χ0n) is 25.6. The first-order valence-electron chi connectivity index (χ1n) is 15.6. The molecule has 40 heavy (non-hydrogen) atoms. The van der Waals surface area contributed by atoms with Gasteiger partial charge in [-0.15, -0.1) is 0 Å². The summed E-state index contributed by atoms with van der Waals surface area (Å²) in [7, 11) is 6.31. The summed E-state index contributed by atoms with van der Waals surface area (Å²) in [6, 6.07) is -0.0303. The molecular formula is C32H51N4O4+. The lowest BCUT2D eigenvalue weighted by Gasteiger charge is -2.58. The van der Waals surface area contributed by atoms with Crippen LogP contribution in [-0.4, -0.2) is 86.1 Å². The van der Waals surface area contributed by atoms with Gasteiger partial charge in [0, 0.05) is 31.3 Å². The highest BCUT2D eigenvalue weighted by Crippen LogP contribution is 2.66. The van der Waals surface area contributed by atoms with Crippen molar-refractivity contribution < 1.29 is 23.7 Å². The Kier molecular flexibility index (Phi) is 8.07. The van der Waals surface area contributed by atoms with Crippen LogP contribution in [0.2, 0.25) is 0 Å². The molecule has 1 saturated heterocycles. The summed E-state index contributed by atoms with van der Waals surface area (Å²) in [5.41, 5.74) is 2.70. The Bertz CT molecular complexity index is 1090. The quantitative estimate of drug-likeness (QED) is 0.215. The zero-order valence-corrected chi connectivity index (χ0v) is 25.6. The van der Waals surface area contributed by atoms with Crippen molar-refractivity contribution in [1.82, 2.24) is 10.2 Å². The molecule has 0 aromatic heterocycles. The van der Waals surface area contributed by atoms with Gasteiger partial charge in [-0.25, -0.2) is 4.79 Å². The predicted octanol–water partition coefficient (Wildman–Crippen LogP) is 4.59. The number of allylic oxidation sites excluding steroid dienone is 1. The summed E-state index contributed by atoms with van der Waals surface area (Å²) < 4.78 is 0.736. The number of ketones is 2. The molecule has 3 saturated carbocycles. The van der Waals surface area contributed by atoms with E-state index in [0.29, 0.717) is 61.9 Å². The minimum Gasteiger partial charge on any atom is -0.329 e. The molecule has 0 aromatic rings. The van der Waals surface area contributed by atoms with Crippen LogP contribution < -0.4 is 5.32 Å². The van der Waals surface area contributed by atoms with Crippen molar-refractivity contribution in [1.29, 1.82) is 0 Å². The smallest absolute Gasteiger partial charge is 0.329 e. The summed E-state index contributed by atoms with van der Waals surface area (Å²) in [6.07, 6.45) is 10.6. The number of fused-ring (bicyclic) bond motifs is 5. The van der Waals surface area contributed by atoms with Crippen molar-refractivity contribution in [2.75, 3.05) is 47.3 Å². The second kappa shape index (κ2) is 11.0. The molecule has 8 heteroatoms. The maximum atomic E-state index is 13.2. The van der Waals surface area contributed by atoms with Gasteiger partial charge in [0.15, 0.2) is 5.78 Å². The van der Waals surface area contributed by atoms with E-state index in [2.05, 4.69) is 45.5 Å². The number of nitrogens with zero attached hydrogens (tertiary/aromatic N) is 3. The molecule has 1 aliphatic heterocycles.